The van der Waals surface area contributed by atoms with E-state index in [-0.39, 0.29) is 11.9 Å². The van der Waals surface area contributed by atoms with E-state index in [2.05, 4.69) is 10.0 Å². The van der Waals surface area contributed by atoms with Crippen molar-refractivity contribution in [1.29, 1.82) is 0 Å². The molecule has 0 aliphatic rings. The number of nitrogens with one attached hydrogen (secondary N) is 2. The number of hydrogen-bond acceptors (Lipinski definition) is 4. The summed E-state index contributed by atoms with van der Waals surface area (Å²) in [6.45, 7) is 3.61. The number of amides is 1. The van der Waals surface area contributed by atoms with Gasteiger partial charge in [-0.1, -0.05) is 18.2 Å². The number of anilines is 1. The number of hydrogen-bond donors (Lipinski definition) is 2. The van der Waals surface area contributed by atoms with Gasteiger partial charge in [-0.15, -0.1) is 0 Å². The molecule has 0 saturated heterocycles. The van der Waals surface area contributed by atoms with Crippen LogP contribution in [0.25, 0.3) is 6.08 Å². The molecular formula is C17H20N2O4S. The van der Waals surface area contributed by atoms with E-state index in [1.807, 2.05) is 13.0 Å². The summed E-state index contributed by atoms with van der Waals surface area (Å²) in [4.78, 5) is 12.0. The highest BCUT2D eigenvalue weighted by Gasteiger charge is 2.14. The van der Waals surface area contributed by atoms with Gasteiger partial charge in [-0.2, -0.15) is 0 Å². The fourth-order valence-corrected chi connectivity index (χ4v) is 2.79. The second-order valence-corrected chi connectivity index (χ2v) is 7.22. The van der Waals surface area contributed by atoms with Gasteiger partial charge in [-0.3, -0.25) is 9.52 Å². The Labute approximate surface area is 141 Å². The molecule has 2 rings (SSSR count). The first kappa shape index (κ1) is 17.8. The van der Waals surface area contributed by atoms with Crippen molar-refractivity contribution in [2.45, 2.75) is 19.9 Å². The van der Waals surface area contributed by atoms with Crippen LogP contribution in [0.3, 0.4) is 0 Å². The lowest BCUT2D eigenvalue weighted by Crippen LogP contribution is -2.25. The standard InChI is InChI=1S/C17H20N2O4S/c1-12-8-9-14(23-12)10-11-17(20)18-13(2)15-6-4-5-7-16(15)19-24(3,21)22/h4-11,13,19H,1-3H3,(H,18,20)/b11-10-/t13-/m0/s1. The normalized spacial score (nSPS) is 13.0. The van der Waals surface area contributed by atoms with Crippen LogP contribution >= 0.6 is 0 Å². The molecule has 0 radical (unpaired) electrons. The van der Waals surface area contributed by atoms with Crippen LogP contribution in [0.2, 0.25) is 0 Å². The molecule has 0 unspecified atom stereocenters. The number of aryl methyl sites for hydroxylation is 1. The summed E-state index contributed by atoms with van der Waals surface area (Å²) in [5.41, 5.74) is 1.12. The monoisotopic (exact) mass is 348 g/mol. The van der Waals surface area contributed by atoms with Crippen molar-refractivity contribution in [2.75, 3.05) is 11.0 Å². The SMILES string of the molecule is Cc1ccc(/C=C\C(=O)N[C@@H](C)c2ccccc2NS(C)(=O)=O)o1. The third-order valence-corrected chi connectivity index (χ3v) is 3.83. The van der Waals surface area contributed by atoms with Gasteiger partial charge in [0.05, 0.1) is 18.0 Å². The van der Waals surface area contributed by atoms with Crippen LogP contribution < -0.4 is 10.0 Å². The Morgan fingerprint density at radius 3 is 2.54 bits per heavy atom. The third kappa shape index (κ3) is 5.27. The molecule has 0 aliphatic heterocycles. The molecule has 24 heavy (non-hydrogen) atoms. The molecule has 0 aliphatic carbocycles. The fourth-order valence-electron chi connectivity index (χ4n) is 2.21. The van der Waals surface area contributed by atoms with Gasteiger partial charge in [0, 0.05) is 6.08 Å². The van der Waals surface area contributed by atoms with E-state index in [1.54, 1.807) is 43.3 Å². The van der Waals surface area contributed by atoms with Crippen LogP contribution in [-0.4, -0.2) is 20.6 Å². The summed E-state index contributed by atoms with van der Waals surface area (Å²) in [6.07, 6.45) is 4.04. The molecule has 1 aromatic heterocycles. The van der Waals surface area contributed by atoms with Gasteiger partial charge < -0.3 is 9.73 Å². The molecule has 2 N–H and O–H groups in total. The number of rotatable bonds is 6. The van der Waals surface area contributed by atoms with Crippen LogP contribution in [0.4, 0.5) is 5.69 Å². The molecule has 1 atom stereocenters. The lowest BCUT2D eigenvalue weighted by Gasteiger charge is -2.17. The summed E-state index contributed by atoms with van der Waals surface area (Å²) >= 11 is 0. The Kier molecular flexibility index (Phi) is 5.46. The molecule has 1 heterocycles. The zero-order valence-corrected chi connectivity index (χ0v) is 14.6. The van der Waals surface area contributed by atoms with Crippen LogP contribution in [-0.2, 0) is 14.8 Å². The van der Waals surface area contributed by atoms with Crippen molar-refractivity contribution >= 4 is 27.7 Å². The van der Waals surface area contributed by atoms with Gasteiger partial charge in [0.1, 0.15) is 11.5 Å². The van der Waals surface area contributed by atoms with E-state index in [1.165, 1.54) is 6.08 Å². The fraction of sp³-hybridized carbons (Fsp3) is 0.235. The van der Waals surface area contributed by atoms with E-state index in [9.17, 15) is 13.2 Å². The number of carbonyl (C=O) groups excluding carboxylic acids is 1. The van der Waals surface area contributed by atoms with Crippen molar-refractivity contribution in [2.24, 2.45) is 0 Å². The Morgan fingerprint density at radius 1 is 1.21 bits per heavy atom. The number of para-hydroxylation sites is 1. The van der Waals surface area contributed by atoms with Gasteiger partial charge in [0.15, 0.2) is 0 Å². The van der Waals surface area contributed by atoms with Crippen molar-refractivity contribution in [3.05, 3.63) is 59.6 Å². The van der Waals surface area contributed by atoms with Gasteiger partial charge in [-0.25, -0.2) is 8.42 Å². The molecule has 0 spiro atoms. The highest BCUT2D eigenvalue weighted by molar-refractivity contribution is 7.92. The predicted molar refractivity (Wildman–Crippen MR) is 93.9 cm³/mol. The smallest absolute Gasteiger partial charge is 0.244 e. The maximum Gasteiger partial charge on any atom is 0.244 e. The maximum absolute atomic E-state index is 12.0. The summed E-state index contributed by atoms with van der Waals surface area (Å²) in [5.74, 6) is 1.06. The molecular weight excluding hydrogens is 328 g/mol. The summed E-state index contributed by atoms with van der Waals surface area (Å²) in [5, 5.41) is 2.80. The molecule has 0 bridgehead atoms. The van der Waals surface area contributed by atoms with Gasteiger partial charge >= 0.3 is 0 Å². The first-order valence-electron chi connectivity index (χ1n) is 7.36. The van der Waals surface area contributed by atoms with Crippen LogP contribution in [0, 0.1) is 6.92 Å². The minimum Gasteiger partial charge on any atom is -0.462 e. The average Bonchev–Trinajstić information content (AvgIpc) is 2.89. The minimum absolute atomic E-state index is 0.300. The molecule has 0 fully saturated rings. The zero-order valence-electron chi connectivity index (χ0n) is 13.7. The third-order valence-electron chi connectivity index (χ3n) is 3.24. The highest BCUT2D eigenvalue weighted by Crippen LogP contribution is 2.23. The summed E-state index contributed by atoms with van der Waals surface area (Å²) < 4.78 is 30.7. The van der Waals surface area contributed by atoms with Crippen LogP contribution in [0.15, 0.2) is 46.9 Å². The van der Waals surface area contributed by atoms with Crippen LogP contribution in [0.5, 0.6) is 0 Å². The van der Waals surface area contributed by atoms with Crippen LogP contribution in [0.1, 0.15) is 30.0 Å². The van der Waals surface area contributed by atoms with Gasteiger partial charge in [0.2, 0.25) is 15.9 Å². The van der Waals surface area contributed by atoms with Crippen molar-refractivity contribution < 1.29 is 17.6 Å². The average molecular weight is 348 g/mol. The number of sulfonamides is 1. The lowest BCUT2D eigenvalue weighted by atomic mass is 10.1. The molecule has 2 aromatic rings. The van der Waals surface area contributed by atoms with E-state index < -0.39 is 10.0 Å². The van der Waals surface area contributed by atoms with Gasteiger partial charge in [-0.05, 0) is 43.7 Å². The number of carbonyl (C=O) groups is 1. The molecule has 1 aromatic carbocycles. The first-order valence-corrected chi connectivity index (χ1v) is 9.25. The molecule has 128 valence electrons. The van der Waals surface area contributed by atoms with Gasteiger partial charge in [0.25, 0.3) is 0 Å². The van der Waals surface area contributed by atoms with E-state index in [4.69, 9.17) is 4.42 Å². The maximum atomic E-state index is 12.0. The summed E-state index contributed by atoms with van der Waals surface area (Å²) in [7, 11) is -3.39. The van der Waals surface area contributed by atoms with E-state index >= 15 is 0 Å². The molecule has 7 heteroatoms. The first-order chi connectivity index (χ1) is 11.2. The Morgan fingerprint density at radius 2 is 1.92 bits per heavy atom. The quantitative estimate of drug-likeness (QED) is 0.786. The zero-order chi connectivity index (χ0) is 17.7. The number of benzene rings is 1. The Bertz CT molecular complexity index is 853. The minimum atomic E-state index is -3.39. The van der Waals surface area contributed by atoms with Crippen molar-refractivity contribution in [3.8, 4) is 0 Å². The summed E-state index contributed by atoms with van der Waals surface area (Å²) in [6, 6.07) is 10.1. The Hall–Kier alpha value is -2.54. The largest absolute Gasteiger partial charge is 0.462 e. The van der Waals surface area contributed by atoms with Crippen molar-refractivity contribution in [3.63, 3.8) is 0 Å². The second-order valence-electron chi connectivity index (χ2n) is 5.47. The topological polar surface area (TPSA) is 88.4 Å². The molecule has 6 nitrogen and oxygen atoms in total. The molecule has 1 amide bonds. The second kappa shape index (κ2) is 7.35. The Balaban J connectivity index is 2.08. The van der Waals surface area contributed by atoms with Crippen molar-refractivity contribution in [1.82, 2.24) is 5.32 Å². The molecule has 0 saturated carbocycles. The highest BCUT2D eigenvalue weighted by atomic mass is 32.2. The predicted octanol–water partition coefficient (Wildman–Crippen LogP) is 2.85. The lowest BCUT2D eigenvalue weighted by molar-refractivity contribution is -0.117. The van der Waals surface area contributed by atoms with E-state index in [0.717, 1.165) is 12.0 Å². The van der Waals surface area contributed by atoms with E-state index in [0.29, 0.717) is 17.0 Å². The number of furan rings is 1.